The number of carbonyl (C=O) groups is 1. The second-order valence-corrected chi connectivity index (χ2v) is 8.13. The van der Waals surface area contributed by atoms with E-state index in [1.807, 2.05) is 54.6 Å². The number of benzodiazepines with no additional fused rings is 1. The molecule has 152 valence electrons. The Morgan fingerprint density at radius 2 is 1.80 bits per heavy atom. The largest absolute Gasteiger partial charge is 0.497 e. The molecule has 1 atom stereocenters. The van der Waals surface area contributed by atoms with Gasteiger partial charge < -0.3 is 15.4 Å². The first-order valence-electron chi connectivity index (χ1n) is 9.30. The number of halogens is 2. The molecule has 0 aliphatic carbocycles. The topological polar surface area (TPSA) is 67.9 Å². The molecule has 4 rings (SSSR count). The van der Waals surface area contributed by atoms with Crippen molar-refractivity contribution in [3.63, 3.8) is 0 Å². The first-order chi connectivity index (χ1) is 14.5. The molecule has 5 nitrogen and oxygen atoms in total. The Morgan fingerprint density at radius 1 is 1.10 bits per heavy atom. The van der Waals surface area contributed by atoms with Crippen LogP contribution in [-0.2, 0) is 11.3 Å². The average molecular weight is 485 g/mol. The zero-order valence-corrected chi connectivity index (χ0v) is 18.5. The van der Waals surface area contributed by atoms with Crippen LogP contribution >= 0.6 is 27.5 Å². The Bertz CT molecular complexity index is 1110. The molecule has 0 bridgehead atoms. The number of hydrogen-bond acceptors (Lipinski definition) is 4. The van der Waals surface area contributed by atoms with E-state index in [0.29, 0.717) is 17.3 Å². The summed E-state index contributed by atoms with van der Waals surface area (Å²) in [5.74, 6) is 0.482. The molecule has 0 saturated carbocycles. The Labute approximate surface area is 188 Å². The zero-order valence-electron chi connectivity index (χ0n) is 16.2. The van der Waals surface area contributed by atoms with Crippen LogP contribution in [0.25, 0.3) is 0 Å². The molecular formula is C23H19BrClN3O2. The highest BCUT2D eigenvalue weighted by Crippen LogP contribution is 2.36. The minimum absolute atomic E-state index is 0.275. The highest BCUT2D eigenvalue weighted by molar-refractivity contribution is 9.10. The summed E-state index contributed by atoms with van der Waals surface area (Å²) in [6, 6.07) is 20.7. The van der Waals surface area contributed by atoms with Gasteiger partial charge in [-0.3, -0.25) is 9.79 Å². The first kappa shape index (κ1) is 20.6. The highest BCUT2D eigenvalue weighted by Gasteiger charge is 2.31. The Hall–Kier alpha value is -2.67. The van der Waals surface area contributed by atoms with E-state index in [1.165, 1.54) is 0 Å². The normalized spacial score (nSPS) is 16.0. The van der Waals surface area contributed by atoms with Crippen LogP contribution in [0.15, 0.2) is 76.2 Å². The number of anilines is 1. The van der Waals surface area contributed by atoms with Gasteiger partial charge in [-0.25, -0.2) is 0 Å². The third-order valence-corrected chi connectivity index (χ3v) is 5.81. The van der Waals surface area contributed by atoms with Crippen molar-refractivity contribution in [2.24, 2.45) is 10.7 Å². The molecule has 1 heterocycles. The standard InChI is InChI=1S/C23H19BrClN3O2/c1-30-17-11-5-14(6-12-17)13-28-21-18(3-2-4-19(21)24)20(27-22(26)23(28)29)15-7-9-16(25)10-8-15/h2-12,22H,13,26H2,1H3. The van der Waals surface area contributed by atoms with Crippen molar-refractivity contribution < 1.29 is 9.53 Å². The highest BCUT2D eigenvalue weighted by atomic mass is 79.9. The summed E-state index contributed by atoms with van der Waals surface area (Å²) in [6.45, 7) is 0.357. The predicted octanol–water partition coefficient (Wildman–Crippen LogP) is 4.78. The van der Waals surface area contributed by atoms with Gasteiger partial charge in [-0.05, 0) is 51.8 Å². The van der Waals surface area contributed by atoms with E-state index in [1.54, 1.807) is 24.1 Å². The number of fused-ring (bicyclic) bond motifs is 1. The third kappa shape index (κ3) is 3.99. The van der Waals surface area contributed by atoms with Gasteiger partial charge >= 0.3 is 0 Å². The lowest BCUT2D eigenvalue weighted by Gasteiger charge is -2.25. The maximum Gasteiger partial charge on any atom is 0.266 e. The van der Waals surface area contributed by atoms with Crippen molar-refractivity contribution in [1.82, 2.24) is 0 Å². The number of benzene rings is 3. The first-order valence-corrected chi connectivity index (χ1v) is 10.5. The number of nitrogens with two attached hydrogens (primary N) is 1. The van der Waals surface area contributed by atoms with Crippen LogP contribution < -0.4 is 15.4 Å². The summed E-state index contributed by atoms with van der Waals surface area (Å²) in [5.41, 5.74) is 10.2. The molecular weight excluding hydrogens is 466 g/mol. The smallest absolute Gasteiger partial charge is 0.266 e. The molecule has 1 amide bonds. The SMILES string of the molecule is COc1ccc(CN2C(=O)C(N)N=C(c3ccc(Cl)cc3)c3cccc(Br)c32)cc1. The van der Waals surface area contributed by atoms with Crippen LogP contribution in [0.1, 0.15) is 16.7 Å². The molecule has 0 saturated heterocycles. The molecule has 1 aliphatic heterocycles. The van der Waals surface area contributed by atoms with Crippen LogP contribution in [0.3, 0.4) is 0 Å². The van der Waals surface area contributed by atoms with Crippen molar-refractivity contribution >= 4 is 44.8 Å². The molecule has 0 radical (unpaired) electrons. The van der Waals surface area contributed by atoms with E-state index in [2.05, 4.69) is 20.9 Å². The van der Waals surface area contributed by atoms with Crippen molar-refractivity contribution in [2.75, 3.05) is 12.0 Å². The number of ether oxygens (including phenoxy) is 1. The second-order valence-electron chi connectivity index (χ2n) is 6.84. The Kier molecular flexibility index (Phi) is 5.90. The number of amides is 1. The molecule has 1 unspecified atom stereocenters. The van der Waals surface area contributed by atoms with Crippen molar-refractivity contribution in [1.29, 1.82) is 0 Å². The van der Waals surface area contributed by atoms with Crippen LogP contribution in [0, 0.1) is 0 Å². The van der Waals surface area contributed by atoms with Crippen molar-refractivity contribution in [2.45, 2.75) is 12.7 Å². The van der Waals surface area contributed by atoms with E-state index in [9.17, 15) is 4.79 Å². The average Bonchev–Trinajstić information content (AvgIpc) is 2.86. The van der Waals surface area contributed by atoms with E-state index < -0.39 is 6.17 Å². The fourth-order valence-electron chi connectivity index (χ4n) is 3.42. The number of rotatable bonds is 4. The molecule has 3 aromatic carbocycles. The van der Waals surface area contributed by atoms with Crippen LogP contribution in [0.4, 0.5) is 5.69 Å². The lowest BCUT2D eigenvalue weighted by molar-refractivity contribution is -0.119. The Morgan fingerprint density at radius 3 is 2.47 bits per heavy atom. The summed E-state index contributed by atoms with van der Waals surface area (Å²) in [6.07, 6.45) is -1.02. The number of methoxy groups -OCH3 is 1. The van der Waals surface area contributed by atoms with Gasteiger partial charge in [-0.1, -0.05) is 48.0 Å². The molecule has 2 N–H and O–H groups in total. The zero-order chi connectivity index (χ0) is 21.3. The van der Waals surface area contributed by atoms with Crippen molar-refractivity contribution in [3.05, 3.63) is 92.9 Å². The quantitative estimate of drug-likeness (QED) is 0.579. The monoisotopic (exact) mass is 483 g/mol. The summed E-state index contributed by atoms with van der Waals surface area (Å²) in [5, 5.41) is 0.629. The lowest BCUT2D eigenvalue weighted by Crippen LogP contribution is -2.42. The molecule has 7 heteroatoms. The molecule has 1 aliphatic rings. The molecule has 30 heavy (non-hydrogen) atoms. The van der Waals surface area contributed by atoms with Gasteiger partial charge in [0.25, 0.3) is 5.91 Å². The van der Waals surface area contributed by atoms with Gasteiger partial charge in [0.05, 0.1) is 25.1 Å². The Balaban J connectivity index is 1.82. The summed E-state index contributed by atoms with van der Waals surface area (Å²) >= 11 is 9.67. The summed E-state index contributed by atoms with van der Waals surface area (Å²) in [4.78, 5) is 19.5. The fourth-order valence-corrected chi connectivity index (χ4v) is 4.13. The van der Waals surface area contributed by atoms with E-state index in [-0.39, 0.29) is 5.91 Å². The minimum atomic E-state index is -1.02. The van der Waals surface area contributed by atoms with E-state index >= 15 is 0 Å². The molecule has 0 aromatic heterocycles. The van der Waals surface area contributed by atoms with Crippen LogP contribution in [0.5, 0.6) is 5.75 Å². The van der Waals surface area contributed by atoms with Gasteiger partial charge in [0.15, 0.2) is 6.17 Å². The van der Waals surface area contributed by atoms with Gasteiger partial charge in [-0.2, -0.15) is 0 Å². The number of aliphatic imine (C=N–C) groups is 1. The second kappa shape index (κ2) is 8.60. The minimum Gasteiger partial charge on any atom is -0.497 e. The predicted molar refractivity (Wildman–Crippen MR) is 123 cm³/mol. The van der Waals surface area contributed by atoms with Crippen LogP contribution in [0.2, 0.25) is 5.02 Å². The molecule has 0 spiro atoms. The number of para-hydroxylation sites is 1. The van der Waals surface area contributed by atoms with Crippen LogP contribution in [-0.4, -0.2) is 24.9 Å². The number of hydrogen-bond donors (Lipinski definition) is 1. The maximum absolute atomic E-state index is 13.2. The van der Waals surface area contributed by atoms with Gasteiger partial charge in [0.2, 0.25) is 0 Å². The van der Waals surface area contributed by atoms with E-state index in [4.69, 9.17) is 22.1 Å². The van der Waals surface area contributed by atoms with Gasteiger partial charge in [0, 0.05) is 20.6 Å². The maximum atomic E-state index is 13.2. The summed E-state index contributed by atoms with van der Waals surface area (Å²) in [7, 11) is 1.62. The third-order valence-electron chi connectivity index (χ3n) is 4.92. The number of nitrogens with zero attached hydrogens (tertiary/aromatic N) is 2. The van der Waals surface area contributed by atoms with Gasteiger partial charge in [0.1, 0.15) is 5.75 Å². The molecule has 3 aromatic rings. The fraction of sp³-hybridized carbons (Fsp3) is 0.130. The lowest BCUT2D eigenvalue weighted by atomic mass is 10.00. The van der Waals surface area contributed by atoms with Crippen molar-refractivity contribution in [3.8, 4) is 5.75 Å². The van der Waals surface area contributed by atoms with E-state index in [0.717, 1.165) is 32.6 Å². The molecule has 0 fully saturated rings. The summed E-state index contributed by atoms with van der Waals surface area (Å²) < 4.78 is 6.02. The number of carbonyl (C=O) groups excluding carboxylic acids is 1. The van der Waals surface area contributed by atoms with Gasteiger partial charge in [-0.15, -0.1) is 0 Å².